The molecule has 0 bridgehead atoms. The van der Waals surface area contributed by atoms with Crippen LogP contribution in [0.15, 0.2) is 24.3 Å². The van der Waals surface area contributed by atoms with E-state index in [9.17, 15) is 4.79 Å². The molecular weight excluding hydrogens is 194 g/mol. The van der Waals surface area contributed by atoms with Gasteiger partial charge in [0.15, 0.2) is 0 Å². The van der Waals surface area contributed by atoms with Crippen molar-refractivity contribution < 1.29 is 14.3 Å². The molecule has 0 radical (unpaired) electrons. The highest BCUT2D eigenvalue weighted by atomic mass is 16.5. The molecule has 0 heterocycles. The van der Waals surface area contributed by atoms with Crippen LogP contribution in [0.4, 0.5) is 0 Å². The molecule has 4 nitrogen and oxygen atoms in total. The van der Waals surface area contributed by atoms with Crippen molar-refractivity contribution in [3.8, 4) is 5.75 Å². The van der Waals surface area contributed by atoms with Crippen molar-refractivity contribution in [2.75, 3.05) is 13.7 Å². The molecule has 4 heteroatoms. The molecule has 0 aliphatic heterocycles. The van der Waals surface area contributed by atoms with Crippen molar-refractivity contribution in [3.63, 3.8) is 0 Å². The zero-order chi connectivity index (χ0) is 11.3. The Balaban J connectivity index is 2.60. The first-order valence-corrected chi connectivity index (χ1v) is 4.70. The summed E-state index contributed by atoms with van der Waals surface area (Å²) in [7, 11) is 1.35. The normalized spacial score (nSPS) is 11.9. The maximum atomic E-state index is 11.1. The Bertz CT molecular complexity index is 319. The van der Waals surface area contributed by atoms with E-state index in [-0.39, 0.29) is 12.0 Å². The molecule has 1 aromatic rings. The Kier molecular flexibility index (Phi) is 4.12. The van der Waals surface area contributed by atoms with Gasteiger partial charge in [0.25, 0.3) is 0 Å². The smallest absolute Gasteiger partial charge is 0.337 e. The molecule has 1 atom stereocenters. The first-order chi connectivity index (χ1) is 7.13. The fourth-order valence-electron chi connectivity index (χ4n) is 1.03. The Morgan fingerprint density at radius 2 is 2.00 bits per heavy atom. The Morgan fingerprint density at radius 1 is 1.40 bits per heavy atom. The van der Waals surface area contributed by atoms with Crippen LogP contribution < -0.4 is 10.5 Å². The van der Waals surface area contributed by atoms with Gasteiger partial charge in [0, 0.05) is 6.04 Å². The second kappa shape index (κ2) is 5.36. The van der Waals surface area contributed by atoms with Gasteiger partial charge in [-0.1, -0.05) is 0 Å². The fourth-order valence-corrected chi connectivity index (χ4v) is 1.03. The van der Waals surface area contributed by atoms with E-state index in [1.807, 2.05) is 6.92 Å². The molecule has 1 rings (SSSR count). The number of ether oxygens (including phenoxy) is 2. The van der Waals surface area contributed by atoms with Gasteiger partial charge in [-0.05, 0) is 31.2 Å². The van der Waals surface area contributed by atoms with Gasteiger partial charge in [-0.3, -0.25) is 0 Å². The lowest BCUT2D eigenvalue weighted by Gasteiger charge is -2.08. The van der Waals surface area contributed by atoms with E-state index in [1.54, 1.807) is 24.3 Å². The average molecular weight is 209 g/mol. The van der Waals surface area contributed by atoms with Crippen molar-refractivity contribution >= 4 is 5.97 Å². The SMILES string of the molecule is COC(=O)c1ccc(OCC(C)N)cc1. The lowest BCUT2D eigenvalue weighted by atomic mass is 10.2. The van der Waals surface area contributed by atoms with E-state index in [0.29, 0.717) is 17.9 Å². The van der Waals surface area contributed by atoms with Gasteiger partial charge in [-0.15, -0.1) is 0 Å². The van der Waals surface area contributed by atoms with E-state index in [1.165, 1.54) is 7.11 Å². The van der Waals surface area contributed by atoms with Gasteiger partial charge in [-0.25, -0.2) is 4.79 Å². The van der Waals surface area contributed by atoms with E-state index in [2.05, 4.69) is 4.74 Å². The number of rotatable bonds is 4. The van der Waals surface area contributed by atoms with E-state index >= 15 is 0 Å². The summed E-state index contributed by atoms with van der Waals surface area (Å²) in [6, 6.07) is 6.74. The minimum Gasteiger partial charge on any atom is -0.492 e. The van der Waals surface area contributed by atoms with Crippen LogP contribution in [0.3, 0.4) is 0 Å². The summed E-state index contributed by atoms with van der Waals surface area (Å²) in [5.74, 6) is 0.341. The molecule has 0 fully saturated rings. The van der Waals surface area contributed by atoms with Crippen LogP contribution in [0.1, 0.15) is 17.3 Å². The van der Waals surface area contributed by atoms with Crippen LogP contribution in [-0.4, -0.2) is 25.7 Å². The van der Waals surface area contributed by atoms with E-state index in [4.69, 9.17) is 10.5 Å². The number of nitrogens with two attached hydrogens (primary N) is 1. The predicted octanol–water partition coefficient (Wildman–Crippen LogP) is 1.20. The third-order valence-electron chi connectivity index (χ3n) is 1.79. The molecule has 0 aliphatic rings. The zero-order valence-electron chi connectivity index (χ0n) is 8.90. The minimum atomic E-state index is -0.353. The van der Waals surface area contributed by atoms with Gasteiger partial charge in [-0.2, -0.15) is 0 Å². The average Bonchev–Trinajstić information content (AvgIpc) is 2.26. The molecule has 1 unspecified atom stereocenters. The van der Waals surface area contributed by atoms with Crippen molar-refractivity contribution in [1.82, 2.24) is 0 Å². The number of carbonyl (C=O) groups is 1. The lowest BCUT2D eigenvalue weighted by molar-refractivity contribution is 0.0600. The summed E-state index contributed by atoms with van der Waals surface area (Å²) in [5, 5.41) is 0. The fraction of sp³-hybridized carbons (Fsp3) is 0.364. The van der Waals surface area contributed by atoms with Crippen LogP contribution in [0.5, 0.6) is 5.75 Å². The molecule has 15 heavy (non-hydrogen) atoms. The van der Waals surface area contributed by atoms with Crippen molar-refractivity contribution in [1.29, 1.82) is 0 Å². The van der Waals surface area contributed by atoms with Crippen LogP contribution in [0.2, 0.25) is 0 Å². The van der Waals surface area contributed by atoms with E-state index in [0.717, 1.165) is 0 Å². The highest BCUT2D eigenvalue weighted by Crippen LogP contribution is 2.12. The van der Waals surface area contributed by atoms with Gasteiger partial charge in [0.2, 0.25) is 0 Å². The largest absolute Gasteiger partial charge is 0.492 e. The van der Waals surface area contributed by atoms with Gasteiger partial charge in [0.05, 0.1) is 12.7 Å². The summed E-state index contributed by atoms with van der Waals surface area (Å²) < 4.78 is 9.93. The molecule has 82 valence electrons. The summed E-state index contributed by atoms with van der Waals surface area (Å²) in [6.07, 6.45) is 0. The zero-order valence-corrected chi connectivity index (χ0v) is 8.90. The topological polar surface area (TPSA) is 61.5 Å². The molecule has 0 saturated carbocycles. The highest BCUT2D eigenvalue weighted by Gasteiger charge is 2.04. The first-order valence-electron chi connectivity index (χ1n) is 4.70. The lowest BCUT2D eigenvalue weighted by Crippen LogP contribution is -2.23. The monoisotopic (exact) mass is 209 g/mol. The first kappa shape index (κ1) is 11.5. The Hall–Kier alpha value is -1.55. The van der Waals surface area contributed by atoms with Gasteiger partial charge < -0.3 is 15.2 Å². The predicted molar refractivity (Wildman–Crippen MR) is 56.9 cm³/mol. The molecule has 1 aromatic carbocycles. The second-order valence-corrected chi connectivity index (χ2v) is 3.30. The third kappa shape index (κ3) is 3.59. The number of hydrogen-bond donors (Lipinski definition) is 1. The van der Waals surface area contributed by atoms with Gasteiger partial charge >= 0.3 is 5.97 Å². The van der Waals surface area contributed by atoms with Crippen molar-refractivity contribution in [2.24, 2.45) is 5.73 Å². The summed E-state index contributed by atoms with van der Waals surface area (Å²) in [5.41, 5.74) is 6.05. The molecule has 2 N–H and O–H groups in total. The molecule has 0 saturated heterocycles. The Morgan fingerprint density at radius 3 is 2.47 bits per heavy atom. The Labute approximate surface area is 89.0 Å². The number of esters is 1. The quantitative estimate of drug-likeness (QED) is 0.757. The maximum absolute atomic E-state index is 11.1. The molecule has 0 spiro atoms. The summed E-state index contributed by atoms with van der Waals surface area (Å²) in [4.78, 5) is 11.1. The number of benzene rings is 1. The maximum Gasteiger partial charge on any atom is 0.337 e. The van der Waals surface area contributed by atoms with Crippen molar-refractivity contribution in [3.05, 3.63) is 29.8 Å². The van der Waals surface area contributed by atoms with Crippen molar-refractivity contribution in [2.45, 2.75) is 13.0 Å². The van der Waals surface area contributed by atoms with E-state index < -0.39 is 0 Å². The molecule has 0 amide bonds. The van der Waals surface area contributed by atoms with Gasteiger partial charge in [0.1, 0.15) is 12.4 Å². The second-order valence-electron chi connectivity index (χ2n) is 3.30. The number of methoxy groups -OCH3 is 1. The highest BCUT2D eigenvalue weighted by molar-refractivity contribution is 5.89. The van der Waals surface area contributed by atoms with Crippen LogP contribution in [0.25, 0.3) is 0 Å². The number of hydrogen-bond acceptors (Lipinski definition) is 4. The van der Waals surface area contributed by atoms with Crippen LogP contribution in [-0.2, 0) is 4.74 Å². The summed E-state index contributed by atoms with van der Waals surface area (Å²) in [6.45, 7) is 2.32. The third-order valence-corrected chi connectivity index (χ3v) is 1.79. The summed E-state index contributed by atoms with van der Waals surface area (Å²) >= 11 is 0. The molecule has 0 aliphatic carbocycles. The van der Waals surface area contributed by atoms with Crippen LogP contribution >= 0.6 is 0 Å². The molecule has 0 aromatic heterocycles. The number of carbonyl (C=O) groups excluding carboxylic acids is 1. The van der Waals surface area contributed by atoms with Crippen LogP contribution in [0, 0.1) is 0 Å². The molecular formula is C11H15NO3. The minimum absolute atomic E-state index is 0.00900. The standard InChI is InChI=1S/C11H15NO3/c1-8(12)7-15-10-5-3-9(4-6-10)11(13)14-2/h3-6,8H,7,12H2,1-2H3.